The molecule has 0 fully saturated rings. The van der Waals surface area contributed by atoms with Crippen LogP contribution in [0.3, 0.4) is 0 Å². The summed E-state index contributed by atoms with van der Waals surface area (Å²) in [6, 6.07) is 8.47. The first-order valence-electron chi connectivity index (χ1n) is 6.45. The minimum atomic E-state index is 0.808. The molecule has 4 heteroatoms. The third-order valence-electron chi connectivity index (χ3n) is 3.56. The number of aryl methyl sites for hydroxylation is 3. The van der Waals surface area contributed by atoms with E-state index in [0.717, 1.165) is 23.6 Å². The number of nitrogens with zero attached hydrogens (tertiary/aromatic N) is 2. The van der Waals surface area contributed by atoms with Crippen molar-refractivity contribution in [3.05, 3.63) is 47.4 Å². The topological polar surface area (TPSA) is 45.6 Å². The highest BCUT2D eigenvalue weighted by atomic mass is 15.1. The monoisotopic (exact) mass is 254 g/mol. The summed E-state index contributed by atoms with van der Waals surface area (Å²) in [4.78, 5) is 0. The van der Waals surface area contributed by atoms with Gasteiger partial charge in [0.1, 0.15) is 0 Å². The van der Waals surface area contributed by atoms with E-state index in [9.17, 15) is 0 Å². The van der Waals surface area contributed by atoms with Crippen molar-refractivity contribution >= 4 is 16.6 Å². The van der Waals surface area contributed by atoms with E-state index in [0.29, 0.717) is 0 Å². The summed E-state index contributed by atoms with van der Waals surface area (Å²) >= 11 is 0. The van der Waals surface area contributed by atoms with Crippen LogP contribution in [-0.2, 0) is 13.6 Å². The van der Waals surface area contributed by atoms with Crippen molar-refractivity contribution < 1.29 is 0 Å². The summed E-state index contributed by atoms with van der Waals surface area (Å²) < 4.78 is 2.17. The number of benzene rings is 1. The van der Waals surface area contributed by atoms with Crippen LogP contribution in [0.15, 0.2) is 30.5 Å². The van der Waals surface area contributed by atoms with Gasteiger partial charge in [-0.1, -0.05) is 18.2 Å². The van der Waals surface area contributed by atoms with E-state index in [-0.39, 0.29) is 0 Å². The summed E-state index contributed by atoms with van der Waals surface area (Å²) in [6.45, 7) is 4.85. The molecule has 2 heterocycles. The molecule has 0 saturated heterocycles. The maximum Gasteiger partial charge on any atom is 0.0825 e. The van der Waals surface area contributed by atoms with Crippen LogP contribution < -0.4 is 5.32 Å². The third-order valence-corrected chi connectivity index (χ3v) is 3.56. The van der Waals surface area contributed by atoms with Gasteiger partial charge < -0.3 is 9.88 Å². The number of nitrogens with one attached hydrogen (secondary N) is 2. The molecule has 0 bridgehead atoms. The number of anilines is 1. The molecule has 0 radical (unpaired) electrons. The van der Waals surface area contributed by atoms with Crippen LogP contribution in [0.2, 0.25) is 0 Å². The van der Waals surface area contributed by atoms with E-state index in [1.165, 1.54) is 16.5 Å². The first-order valence-corrected chi connectivity index (χ1v) is 6.45. The van der Waals surface area contributed by atoms with E-state index in [1.807, 2.05) is 13.8 Å². The van der Waals surface area contributed by atoms with Crippen molar-refractivity contribution in [2.24, 2.45) is 7.05 Å². The molecule has 0 saturated carbocycles. The van der Waals surface area contributed by atoms with E-state index in [1.54, 1.807) is 0 Å². The molecule has 19 heavy (non-hydrogen) atoms. The molecule has 3 rings (SSSR count). The normalized spacial score (nSPS) is 11.1. The Bertz CT molecular complexity index is 701. The maximum atomic E-state index is 4.20. The highest BCUT2D eigenvalue weighted by Crippen LogP contribution is 2.23. The molecule has 0 spiro atoms. The van der Waals surface area contributed by atoms with E-state index >= 15 is 0 Å². The molecule has 1 aromatic carbocycles. The third kappa shape index (κ3) is 1.99. The van der Waals surface area contributed by atoms with Crippen molar-refractivity contribution in [1.82, 2.24) is 14.8 Å². The Kier molecular flexibility index (Phi) is 2.78. The lowest BCUT2D eigenvalue weighted by molar-refractivity contribution is 0.955. The van der Waals surface area contributed by atoms with Gasteiger partial charge in [0.05, 0.1) is 17.1 Å². The second-order valence-electron chi connectivity index (χ2n) is 4.94. The number of rotatable bonds is 3. The Labute approximate surface area is 112 Å². The van der Waals surface area contributed by atoms with Crippen molar-refractivity contribution in [2.75, 3.05) is 5.32 Å². The summed E-state index contributed by atoms with van der Waals surface area (Å²) in [5.41, 5.74) is 5.77. The predicted molar refractivity (Wildman–Crippen MR) is 78.3 cm³/mol. The lowest BCUT2D eigenvalue weighted by atomic mass is 10.1. The SMILES string of the molecule is Cc1n[nH]c(C)c1NCc1cn(C)c2ccccc12. The molecule has 98 valence electrons. The average Bonchev–Trinajstić information content (AvgIpc) is 2.90. The molecular formula is C15H18N4. The van der Waals surface area contributed by atoms with Gasteiger partial charge in [0, 0.05) is 30.7 Å². The molecule has 0 atom stereocenters. The highest BCUT2D eigenvalue weighted by molar-refractivity contribution is 5.84. The zero-order chi connectivity index (χ0) is 13.4. The molecule has 0 unspecified atom stereocenters. The van der Waals surface area contributed by atoms with Gasteiger partial charge in [-0.3, -0.25) is 5.10 Å². The zero-order valence-corrected chi connectivity index (χ0v) is 11.5. The van der Waals surface area contributed by atoms with Gasteiger partial charge in [0.25, 0.3) is 0 Å². The standard InChI is InChI=1S/C15H18N4/c1-10-15(11(2)18-17-10)16-8-12-9-19(3)14-7-5-4-6-13(12)14/h4-7,9,16H,8H2,1-3H3,(H,17,18). The Morgan fingerprint density at radius 2 is 2.05 bits per heavy atom. The zero-order valence-electron chi connectivity index (χ0n) is 11.5. The van der Waals surface area contributed by atoms with Crippen LogP contribution in [0, 0.1) is 13.8 Å². The molecule has 0 aliphatic heterocycles. The van der Waals surface area contributed by atoms with Crippen LogP contribution in [0.4, 0.5) is 5.69 Å². The van der Waals surface area contributed by atoms with Gasteiger partial charge in [-0.2, -0.15) is 5.10 Å². The lowest BCUT2D eigenvalue weighted by Gasteiger charge is -2.05. The smallest absolute Gasteiger partial charge is 0.0825 e. The number of aromatic amines is 1. The Morgan fingerprint density at radius 3 is 2.79 bits per heavy atom. The number of para-hydroxylation sites is 1. The second-order valence-corrected chi connectivity index (χ2v) is 4.94. The fraction of sp³-hybridized carbons (Fsp3) is 0.267. The van der Waals surface area contributed by atoms with Crippen LogP contribution in [0.25, 0.3) is 10.9 Å². The number of fused-ring (bicyclic) bond motifs is 1. The van der Waals surface area contributed by atoms with Gasteiger partial charge in [0.2, 0.25) is 0 Å². The number of H-pyrrole nitrogens is 1. The van der Waals surface area contributed by atoms with Crippen molar-refractivity contribution in [3.63, 3.8) is 0 Å². The first kappa shape index (κ1) is 11.8. The minimum absolute atomic E-state index is 0.808. The quantitative estimate of drug-likeness (QED) is 0.754. The summed E-state index contributed by atoms with van der Waals surface area (Å²) in [5.74, 6) is 0. The largest absolute Gasteiger partial charge is 0.378 e. The minimum Gasteiger partial charge on any atom is -0.378 e. The fourth-order valence-corrected chi connectivity index (χ4v) is 2.56. The van der Waals surface area contributed by atoms with Crippen molar-refractivity contribution in [3.8, 4) is 0 Å². The van der Waals surface area contributed by atoms with E-state index in [2.05, 4.69) is 57.6 Å². The van der Waals surface area contributed by atoms with Crippen molar-refractivity contribution in [1.29, 1.82) is 0 Å². The fourth-order valence-electron chi connectivity index (χ4n) is 2.56. The molecular weight excluding hydrogens is 236 g/mol. The lowest BCUT2D eigenvalue weighted by Crippen LogP contribution is -2.00. The van der Waals surface area contributed by atoms with Crippen LogP contribution >= 0.6 is 0 Å². The Morgan fingerprint density at radius 1 is 1.26 bits per heavy atom. The second kappa shape index (κ2) is 4.46. The van der Waals surface area contributed by atoms with Gasteiger partial charge in [-0.25, -0.2) is 0 Å². The molecule has 3 aromatic rings. The van der Waals surface area contributed by atoms with Crippen molar-refractivity contribution in [2.45, 2.75) is 20.4 Å². The summed E-state index contributed by atoms with van der Waals surface area (Å²) in [7, 11) is 2.08. The number of aromatic nitrogens is 3. The van der Waals surface area contributed by atoms with Gasteiger partial charge in [-0.15, -0.1) is 0 Å². The Hall–Kier alpha value is -2.23. The van der Waals surface area contributed by atoms with Crippen LogP contribution in [0.5, 0.6) is 0 Å². The number of hydrogen-bond acceptors (Lipinski definition) is 2. The predicted octanol–water partition coefficient (Wildman–Crippen LogP) is 3.13. The molecule has 2 N–H and O–H groups in total. The van der Waals surface area contributed by atoms with Gasteiger partial charge >= 0.3 is 0 Å². The average molecular weight is 254 g/mol. The maximum absolute atomic E-state index is 4.20. The summed E-state index contributed by atoms with van der Waals surface area (Å²) in [6.07, 6.45) is 2.18. The van der Waals surface area contributed by atoms with Gasteiger partial charge in [0.15, 0.2) is 0 Å². The molecule has 0 amide bonds. The number of hydrogen-bond donors (Lipinski definition) is 2. The Balaban J connectivity index is 1.90. The first-order chi connectivity index (χ1) is 9.16. The highest BCUT2D eigenvalue weighted by Gasteiger charge is 2.08. The molecule has 0 aliphatic carbocycles. The van der Waals surface area contributed by atoms with E-state index in [4.69, 9.17) is 0 Å². The molecule has 2 aromatic heterocycles. The van der Waals surface area contributed by atoms with E-state index < -0.39 is 0 Å². The summed E-state index contributed by atoms with van der Waals surface area (Å²) in [5, 5.41) is 12.0. The molecule has 4 nitrogen and oxygen atoms in total. The van der Waals surface area contributed by atoms with Crippen LogP contribution in [-0.4, -0.2) is 14.8 Å². The molecule has 0 aliphatic rings. The van der Waals surface area contributed by atoms with Gasteiger partial charge in [-0.05, 0) is 25.5 Å². The van der Waals surface area contributed by atoms with Crippen LogP contribution in [0.1, 0.15) is 17.0 Å².